The van der Waals surface area contributed by atoms with Gasteiger partial charge < -0.3 is 16.0 Å². The number of hydrogen-bond acceptors (Lipinski definition) is 5. The maximum Gasteiger partial charge on any atom is 0.319 e. The quantitative estimate of drug-likeness (QED) is 0.468. The zero-order valence-corrected chi connectivity index (χ0v) is 20.7. The Morgan fingerprint density at radius 1 is 1.03 bits per heavy atom. The van der Waals surface area contributed by atoms with Gasteiger partial charge in [-0.05, 0) is 56.9 Å². The summed E-state index contributed by atoms with van der Waals surface area (Å²) in [7, 11) is 0. The number of urea groups is 1. The van der Waals surface area contributed by atoms with Gasteiger partial charge in [0.05, 0.1) is 12.2 Å². The molecule has 8 heteroatoms. The number of benzene rings is 2. The molecule has 34 heavy (non-hydrogen) atoms. The Balaban J connectivity index is 1.23. The number of nitrogens with zero attached hydrogens (tertiary/aromatic N) is 2. The molecule has 0 radical (unpaired) electrons. The molecule has 3 amide bonds. The monoisotopic (exact) mass is 477 g/mol. The normalized spacial score (nSPS) is 14.6. The van der Waals surface area contributed by atoms with Crippen LogP contribution in [0.4, 0.5) is 15.6 Å². The van der Waals surface area contributed by atoms with E-state index in [1.54, 1.807) is 0 Å². The number of likely N-dealkylation sites (tertiary alicyclic amines) is 1. The number of aryl methyl sites for hydroxylation is 3. The molecule has 3 aromatic rings. The van der Waals surface area contributed by atoms with Crippen molar-refractivity contribution in [2.75, 3.05) is 30.3 Å². The number of para-hydroxylation sites is 1. The minimum Gasteiger partial charge on any atom is -0.335 e. The maximum atomic E-state index is 12.6. The topological polar surface area (TPSA) is 86.4 Å². The minimum atomic E-state index is -0.194. The lowest BCUT2D eigenvalue weighted by molar-refractivity contribution is -0.117. The number of piperidine rings is 1. The van der Waals surface area contributed by atoms with Crippen molar-refractivity contribution >= 4 is 34.1 Å². The van der Waals surface area contributed by atoms with Gasteiger partial charge in [0.1, 0.15) is 0 Å². The summed E-state index contributed by atoms with van der Waals surface area (Å²) in [5.74, 6) is -0.0634. The van der Waals surface area contributed by atoms with Crippen molar-refractivity contribution in [2.24, 2.45) is 0 Å². The average Bonchev–Trinajstić information content (AvgIpc) is 3.22. The third-order valence-electron chi connectivity index (χ3n) is 6.01. The molecule has 0 aliphatic carbocycles. The molecule has 1 saturated heterocycles. The molecule has 0 unspecified atom stereocenters. The number of aromatic nitrogens is 1. The summed E-state index contributed by atoms with van der Waals surface area (Å²) in [6.07, 6.45) is 1.62. The van der Waals surface area contributed by atoms with Crippen LogP contribution in [0.1, 0.15) is 29.5 Å². The van der Waals surface area contributed by atoms with Crippen LogP contribution in [0.2, 0.25) is 0 Å². The highest BCUT2D eigenvalue weighted by Gasteiger charge is 2.22. The van der Waals surface area contributed by atoms with Crippen molar-refractivity contribution in [3.63, 3.8) is 0 Å². The highest BCUT2D eigenvalue weighted by atomic mass is 32.1. The van der Waals surface area contributed by atoms with E-state index >= 15 is 0 Å². The Hall–Kier alpha value is -3.23. The standard InChI is InChI=1S/C26H31N5O2S/c1-17-13-18(2)24(19(3)14-17)22-16-34-26(29-22)30-23(32)15-31-11-9-21(10-12-31)28-25(33)27-20-7-5-4-6-8-20/h4-8,13-14,16,21H,9-12,15H2,1-3H3,(H2,27,28,33)(H,29,30,32). The first-order valence-corrected chi connectivity index (χ1v) is 12.4. The summed E-state index contributed by atoms with van der Waals surface area (Å²) in [5.41, 5.74) is 6.42. The van der Waals surface area contributed by atoms with Crippen LogP contribution < -0.4 is 16.0 Å². The molecule has 0 saturated carbocycles. The zero-order valence-electron chi connectivity index (χ0n) is 19.9. The van der Waals surface area contributed by atoms with Crippen molar-refractivity contribution in [1.82, 2.24) is 15.2 Å². The molecule has 1 aliphatic heterocycles. The first kappa shape index (κ1) is 23.9. The van der Waals surface area contributed by atoms with Crippen LogP contribution in [0, 0.1) is 20.8 Å². The summed E-state index contributed by atoms with van der Waals surface area (Å²) in [6, 6.07) is 13.6. The van der Waals surface area contributed by atoms with Gasteiger partial charge in [-0.1, -0.05) is 35.9 Å². The molecule has 0 bridgehead atoms. The predicted octanol–water partition coefficient (Wildman–Crippen LogP) is 4.96. The van der Waals surface area contributed by atoms with Crippen molar-refractivity contribution in [3.05, 3.63) is 64.5 Å². The molecule has 2 heterocycles. The van der Waals surface area contributed by atoms with E-state index in [4.69, 9.17) is 0 Å². The lowest BCUT2D eigenvalue weighted by Crippen LogP contribution is -2.47. The van der Waals surface area contributed by atoms with Crippen molar-refractivity contribution in [1.29, 1.82) is 0 Å². The zero-order chi connectivity index (χ0) is 24.1. The Labute approximate surface area is 204 Å². The van der Waals surface area contributed by atoms with Gasteiger partial charge in [0.2, 0.25) is 5.91 Å². The molecule has 4 rings (SSSR count). The fourth-order valence-corrected chi connectivity index (χ4v) is 5.22. The van der Waals surface area contributed by atoms with Gasteiger partial charge in [-0.15, -0.1) is 11.3 Å². The fourth-order valence-electron chi connectivity index (χ4n) is 4.50. The number of nitrogens with one attached hydrogen (secondary N) is 3. The second-order valence-corrected chi connectivity index (χ2v) is 9.73. The number of hydrogen-bond donors (Lipinski definition) is 3. The number of rotatable bonds is 6. The summed E-state index contributed by atoms with van der Waals surface area (Å²) in [6.45, 7) is 8.12. The largest absolute Gasteiger partial charge is 0.335 e. The van der Waals surface area contributed by atoms with E-state index in [0.29, 0.717) is 11.7 Å². The molecule has 0 spiro atoms. The summed E-state index contributed by atoms with van der Waals surface area (Å²) in [5, 5.41) is 11.4. The van der Waals surface area contributed by atoms with Crippen LogP contribution in [0.15, 0.2) is 47.8 Å². The van der Waals surface area contributed by atoms with Crippen molar-refractivity contribution in [3.8, 4) is 11.3 Å². The predicted molar refractivity (Wildman–Crippen MR) is 138 cm³/mol. The third-order valence-corrected chi connectivity index (χ3v) is 6.76. The van der Waals surface area contributed by atoms with E-state index < -0.39 is 0 Å². The van der Waals surface area contributed by atoms with Gasteiger partial charge in [0, 0.05) is 35.8 Å². The first-order valence-electron chi connectivity index (χ1n) is 11.6. The van der Waals surface area contributed by atoms with Crippen LogP contribution in [-0.4, -0.2) is 47.5 Å². The number of anilines is 2. The van der Waals surface area contributed by atoms with Crippen LogP contribution in [0.25, 0.3) is 11.3 Å². The number of thiazole rings is 1. The Bertz CT molecular complexity index is 1130. The molecular formula is C26H31N5O2S. The number of carbonyl (C=O) groups is 2. The molecule has 7 nitrogen and oxygen atoms in total. The van der Waals surface area contributed by atoms with Crippen LogP contribution >= 0.6 is 11.3 Å². The molecule has 1 aliphatic rings. The van der Waals surface area contributed by atoms with Gasteiger partial charge in [-0.3, -0.25) is 9.69 Å². The van der Waals surface area contributed by atoms with Gasteiger partial charge in [-0.25, -0.2) is 9.78 Å². The first-order chi connectivity index (χ1) is 16.4. The molecule has 1 aromatic heterocycles. The van der Waals surface area contributed by atoms with Crippen LogP contribution in [0.5, 0.6) is 0 Å². The highest BCUT2D eigenvalue weighted by molar-refractivity contribution is 7.14. The van der Waals surface area contributed by atoms with Gasteiger partial charge in [0.15, 0.2) is 5.13 Å². The lowest BCUT2D eigenvalue weighted by atomic mass is 9.98. The third kappa shape index (κ3) is 6.21. The maximum absolute atomic E-state index is 12.6. The SMILES string of the molecule is Cc1cc(C)c(-c2csc(NC(=O)CN3CCC(NC(=O)Nc4ccccc4)CC3)n2)c(C)c1. The minimum absolute atomic E-state index is 0.0634. The molecule has 3 N–H and O–H groups in total. The summed E-state index contributed by atoms with van der Waals surface area (Å²) >= 11 is 1.45. The van der Waals surface area contributed by atoms with E-state index in [-0.39, 0.29) is 18.0 Å². The van der Waals surface area contributed by atoms with E-state index in [1.165, 1.54) is 28.0 Å². The Morgan fingerprint density at radius 2 is 1.71 bits per heavy atom. The van der Waals surface area contributed by atoms with Gasteiger partial charge in [-0.2, -0.15) is 0 Å². The van der Waals surface area contributed by atoms with Crippen LogP contribution in [-0.2, 0) is 4.79 Å². The average molecular weight is 478 g/mol. The summed E-state index contributed by atoms with van der Waals surface area (Å²) in [4.78, 5) is 31.6. The highest BCUT2D eigenvalue weighted by Crippen LogP contribution is 2.31. The van der Waals surface area contributed by atoms with Crippen molar-refractivity contribution < 1.29 is 9.59 Å². The second-order valence-electron chi connectivity index (χ2n) is 8.87. The van der Waals surface area contributed by atoms with E-state index in [1.807, 2.05) is 35.7 Å². The molecule has 2 aromatic carbocycles. The fraction of sp³-hybridized carbons (Fsp3) is 0.346. The van der Waals surface area contributed by atoms with E-state index in [2.05, 4.69) is 58.7 Å². The summed E-state index contributed by atoms with van der Waals surface area (Å²) < 4.78 is 0. The number of carbonyl (C=O) groups excluding carboxylic acids is 2. The molecule has 178 valence electrons. The molecular weight excluding hydrogens is 446 g/mol. The van der Waals surface area contributed by atoms with Crippen molar-refractivity contribution in [2.45, 2.75) is 39.7 Å². The van der Waals surface area contributed by atoms with E-state index in [0.717, 1.165) is 42.9 Å². The number of amides is 3. The van der Waals surface area contributed by atoms with Gasteiger partial charge >= 0.3 is 6.03 Å². The molecule has 1 fully saturated rings. The van der Waals surface area contributed by atoms with Crippen LogP contribution in [0.3, 0.4) is 0 Å². The lowest BCUT2D eigenvalue weighted by Gasteiger charge is -2.31. The van der Waals surface area contributed by atoms with Gasteiger partial charge in [0.25, 0.3) is 0 Å². The Kier molecular flexibility index (Phi) is 7.59. The molecule has 0 atom stereocenters. The Morgan fingerprint density at radius 3 is 2.38 bits per heavy atom. The second kappa shape index (κ2) is 10.8. The van der Waals surface area contributed by atoms with E-state index in [9.17, 15) is 9.59 Å². The smallest absolute Gasteiger partial charge is 0.319 e.